The number of rotatable bonds is 3. The predicted octanol–water partition coefficient (Wildman–Crippen LogP) is 4.14. The van der Waals surface area contributed by atoms with Crippen LogP contribution in [0.2, 0.25) is 0 Å². The summed E-state index contributed by atoms with van der Waals surface area (Å²) in [4.78, 5) is 16.5. The van der Waals surface area contributed by atoms with Crippen LogP contribution in [0.4, 0.5) is 16.2 Å². The van der Waals surface area contributed by atoms with Gasteiger partial charge in [0.15, 0.2) is 0 Å². The molecule has 0 aliphatic carbocycles. The number of benzene rings is 1. The minimum atomic E-state index is -0.427. The van der Waals surface area contributed by atoms with E-state index in [-0.39, 0.29) is 6.09 Å². The number of nitrogens with zero attached hydrogens (tertiary/aromatic N) is 2. The number of hydrogen-bond donors (Lipinski definition) is 1. The first-order valence-corrected chi connectivity index (χ1v) is 10.4. The van der Waals surface area contributed by atoms with E-state index in [4.69, 9.17) is 15.2 Å². The SMILES string of the molecule is COc1cc(N)ccc1N1CCC(C2CCN(C(=O)OC(C)(C)C)CC2)CC1. The number of amides is 1. The molecule has 0 aromatic heterocycles. The molecule has 0 atom stereocenters. The van der Waals surface area contributed by atoms with Gasteiger partial charge in [0.2, 0.25) is 0 Å². The maximum Gasteiger partial charge on any atom is 0.410 e. The first-order valence-electron chi connectivity index (χ1n) is 10.4. The largest absolute Gasteiger partial charge is 0.495 e. The van der Waals surface area contributed by atoms with Gasteiger partial charge in [-0.1, -0.05) is 0 Å². The van der Waals surface area contributed by atoms with Crippen molar-refractivity contribution in [3.05, 3.63) is 18.2 Å². The van der Waals surface area contributed by atoms with Crippen LogP contribution < -0.4 is 15.4 Å². The van der Waals surface area contributed by atoms with Gasteiger partial charge >= 0.3 is 6.09 Å². The molecule has 0 bridgehead atoms. The van der Waals surface area contributed by atoms with E-state index in [9.17, 15) is 4.79 Å². The fourth-order valence-corrected chi connectivity index (χ4v) is 4.45. The number of hydrogen-bond acceptors (Lipinski definition) is 5. The van der Waals surface area contributed by atoms with Crippen molar-refractivity contribution in [1.29, 1.82) is 0 Å². The number of methoxy groups -OCH3 is 1. The predicted molar refractivity (Wildman–Crippen MR) is 113 cm³/mol. The maximum absolute atomic E-state index is 12.3. The minimum absolute atomic E-state index is 0.170. The Hall–Kier alpha value is -2.11. The summed E-state index contributed by atoms with van der Waals surface area (Å²) < 4.78 is 11.0. The molecule has 2 aliphatic heterocycles. The van der Waals surface area contributed by atoms with E-state index in [2.05, 4.69) is 11.0 Å². The lowest BCUT2D eigenvalue weighted by molar-refractivity contribution is 0.0152. The number of piperidine rings is 2. The molecule has 2 heterocycles. The Morgan fingerprint density at radius 1 is 1.04 bits per heavy atom. The van der Waals surface area contributed by atoms with Gasteiger partial charge in [-0.2, -0.15) is 0 Å². The first kappa shape index (κ1) is 20.6. The zero-order valence-electron chi connectivity index (χ0n) is 17.7. The van der Waals surface area contributed by atoms with Crippen molar-refractivity contribution < 1.29 is 14.3 Å². The van der Waals surface area contributed by atoms with Gasteiger partial charge in [-0.3, -0.25) is 0 Å². The highest BCUT2D eigenvalue weighted by molar-refractivity contribution is 5.68. The van der Waals surface area contributed by atoms with Crippen LogP contribution >= 0.6 is 0 Å². The summed E-state index contributed by atoms with van der Waals surface area (Å²) in [5.74, 6) is 2.29. The fourth-order valence-electron chi connectivity index (χ4n) is 4.45. The molecule has 3 rings (SSSR count). The molecule has 28 heavy (non-hydrogen) atoms. The molecule has 6 heteroatoms. The molecule has 156 valence electrons. The lowest BCUT2D eigenvalue weighted by Gasteiger charge is -2.41. The Bertz CT molecular complexity index is 670. The molecular formula is C22H35N3O3. The summed E-state index contributed by atoms with van der Waals surface area (Å²) in [6, 6.07) is 5.90. The molecule has 2 aliphatic rings. The number of carbonyl (C=O) groups is 1. The van der Waals surface area contributed by atoms with E-state index < -0.39 is 5.60 Å². The summed E-state index contributed by atoms with van der Waals surface area (Å²) in [5.41, 5.74) is 7.32. The number of likely N-dealkylation sites (tertiary alicyclic amines) is 1. The zero-order valence-corrected chi connectivity index (χ0v) is 17.7. The van der Waals surface area contributed by atoms with Crippen LogP contribution in [0.3, 0.4) is 0 Å². The second kappa shape index (κ2) is 8.50. The average Bonchev–Trinajstić information content (AvgIpc) is 2.67. The van der Waals surface area contributed by atoms with E-state index in [1.54, 1.807) is 7.11 Å². The van der Waals surface area contributed by atoms with Crippen molar-refractivity contribution in [2.75, 3.05) is 43.9 Å². The van der Waals surface area contributed by atoms with Crippen molar-refractivity contribution in [1.82, 2.24) is 4.90 Å². The van der Waals surface area contributed by atoms with Gasteiger partial charge < -0.3 is 25.0 Å². The van der Waals surface area contributed by atoms with Crippen LogP contribution in [0.1, 0.15) is 46.5 Å². The van der Waals surface area contributed by atoms with Crippen LogP contribution in [0.5, 0.6) is 5.75 Å². The summed E-state index contributed by atoms with van der Waals surface area (Å²) >= 11 is 0. The molecule has 2 N–H and O–H groups in total. The molecule has 0 radical (unpaired) electrons. The molecule has 2 fully saturated rings. The fraction of sp³-hybridized carbons (Fsp3) is 0.682. The van der Waals surface area contributed by atoms with E-state index in [1.165, 1.54) is 12.8 Å². The Kier molecular flexibility index (Phi) is 6.26. The third-order valence-electron chi connectivity index (χ3n) is 5.94. The number of nitrogen functional groups attached to an aromatic ring is 1. The highest BCUT2D eigenvalue weighted by Gasteiger charge is 2.32. The van der Waals surface area contributed by atoms with E-state index >= 15 is 0 Å². The highest BCUT2D eigenvalue weighted by atomic mass is 16.6. The van der Waals surface area contributed by atoms with Gasteiger partial charge in [0.25, 0.3) is 0 Å². The van der Waals surface area contributed by atoms with Gasteiger partial charge in [-0.25, -0.2) is 4.79 Å². The second-order valence-electron chi connectivity index (χ2n) is 9.06. The van der Waals surface area contributed by atoms with E-state index in [0.29, 0.717) is 5.92 Å². The molecule has 0 unspecified atom stereocenters. The Morgan fingerprint density at radius 3 is 2.14 bits per heavy atom. The topological polar surface area (TPSA) is 68.0 Å². The summed E-state index contributed by atoms with van der Waals surface area (Å²) in [6.45, 7) is 9.45. The Labute approximate surface area is 169 Å². The van der Waals surface area contributed by atoms with Gasteiger partial charge in [-0.15, -0.1) is 0 Å². The lowest BCUT2D eigenvalue weighted by Crippen LogP contribution is -2.44. The summed E-state index contributed by atoms with van der Waals surface area (Å²) in [7, 11) is 1.70. The van der Waals surface area contributed by atoms with Crippen molar-refractivity contribution in [3.8, 4) is 5.75 Å². The smallest absolute Gasteiger partial charge is 0.410 e. The third kappa shape index (κ3) is 5.03. The first-order chi connectivity index (χ1) is 13.3. The summed E-state index contributed by atoms with van der Waals surface area (Å²) in [5, 5.41) is 0. The molecule has 1 amide bonds. The van der Waals surface area contributed by atoms with Gasteiger partial charge in [-0.05, 0) is 70.4 Å². The highest BCUT2D eigenvalue weighted by Crippen LogP contribution is 2.37. The maximum atomic E-state index is 12.3. The Balaban J connectivity index is 1.49. The normalized spacial score (nSPS) is 19.6. The number of nitrogens with two attached hydrogens (primary N) is 1. The lowest BCUT2D eigenvalue weighted by atomic mass is 9.79. The summed E-state index contributed by atoms with van der Waals surface area (Å²) in [6.07, 6.45) is 4.36. The van der Waals surface area contributed by atoms with Gasteiger partial charge in [0.05, 0.1) is 12.8 Å². The zero-order chi connectivity index (χ0) is 20.3. The number of anilines is 2. The molecular weight excluding hydrogens is 354 g/mol. The van der Waals surface area contributed by atoms with Crippen molar-refractivity contribution in [2.45, 2.75) is 52.1 Å². The molecule has 6 nitrogen and oxygen atoms in total. The second-order valence-corrected chi connectivity index (χ2v) is 9.06. The number of carbonyl (C=O) groups excluding carboxylic acids is 1. The van der Waals surface area contributed by atoms with Crippen LogP contribution in [0.25, 0.3) is 0 Å². The van der Waals surface area contributed by atoms with Crippen LogP contribution in [0.15, 0.2) is 18.2 Å². The monoisotopic (exact) mass is 389 g/mol. The molecule has 0 spiro atoms. The molecule has 1 aromatic carbocycles. The third-order valence-corrected chi connectivity index (χ3v) is 5.94. The molecule has 0 saturated carbocycles. The quantitative estimate of drug-likeness (QED) is 0.787. The van der Waals surface area contributed by atoms with Crippen molar-refractivity contribution in [3.63, 3.8) is 0 Å². The Morgan fingerprint density at radius 2 is 1.61 bits per heavy atom. The van der Waals surface area contributed by atoms with Crippen molar-refractivity contribution >= 4 is 17.5 Å². The minimum Gasteiger partial charge on any atom is -0.495 e. The van der Waals surface area contributed by atoms with Crippen LogP contribution in [0, 0.1) is 11.8 Å². The average molecular weight is 390 g/mol. The molecule has 2 saturated heterocycles. The number of ether oxygens (including phenoxy) is 2. The van der Waals surface area contributed by atoms with E-state index in [0.717, 1.165) is 62.1 Å². The van der Waals surface area contributed by atoms with Gasteiger partial charge in [0.1, 0.15) is 11.4 Å². The molecule has 1 aromatic rings. The standard InChI is InChI=1S/C22H35N3O3/c1-22(2,3)28-21(26)25-13-9-17(10-14-25)16-7-11-24(12-8-16)19-6-5-18(23)15-20(19)27-4/h5-6,15-17H,7-14,23H2,1-4H3. The van der Waals surface area contributed by atoms with Crippen molar-refractivity contribution in [2.24, 2.45) is 11.8 Å². The van der Waals surface area contributed by atoms with Crippen LogP contribution in [-0.2, 0) is 4.74 Å². The van der Waals surface area contributed by atoms with Crippen LogP contribution in [-0.4, -0.2) is 49.9 Å². The van der Waals surface area contributed by atoms with Gasteiger partial charge in [0, 0.05) is 37.9 Å². The van der Waals surface area contributed by atoms with E-state index in [1.807, 2.05) is 37.8 Å².